The SMILES string of the molecule is COC1(C)CCCN(c2cnc(C(C)C)nc2CN)C1. The molecule has 20 heavy (non-hydrogen) atoms. The lowest BCUT2D eigenvalue weighted by molar-refractivity contribution is -0.00471. The van der Waals surface area contributed by atoms with Gasteiger partial charge in [0.15, 0.2) is 0 Å². The highest BCUT2D eigenvalue weighted by molar-refractivity contribution is 5.50. The Hall–Kier alpha value is -1.20. The fourth-order valence-corrected chi connectivity index (χ4v) is 2.70. The maximum absolute atomic E-state index is 5.88. The highest BCUT2D eigenvalue weighted by atomic mass is 16.5. The monoisotopic (exact) mass is 278 g/mol. The zero-order valence-corrected chi connectivity index (χ0v) is 13.0. The average Bonchev–Trinajstić information content (AvgIpc) is 2.46. The fraction of sp³-hybridized carbons (Fsp3) is 0.733. The molecule has 1 aromatic heterocycles. The number of nitrogens with zero attached hydrogens (tertiary/aromatic N) is 3. The molecular formula is C15H26N4O. The van der Waals surface area contributed by atoms with Gasteiger partial charge in [0.05, 0.1) is 23.2 Å². The number of hydrogen-bond donors (Lipinski definition) is 1. The van der Waals surface area contributed by atoms with Crippen molar-refractivity contribution in [3.05, 3.63) is 17.7 Å². The Balaban J connectivity index is 2.27. The van der Waals surface area contributed by atoms with Crippen molar-refractivity contribution in [1.82, 2.24) is 9.97 Å². The van der Waals surface area contributed by atoms with Gasteiger partial charge in [-0.1, -0.05) is 13.8 Å². The molecule has 2 N–H and O–H groups in total. The van der Waals surface area contributed by atoms with Crippen molar-refractivity contribution in [2.24, 2.45) is 5.73 Å². The number of rotatable bonds is 4. The van der Waals surface area contributed by atoms with E-state index < -0.39 is 0 Å². The van der Waals surface area contributed by atoms with E-state index in [9.17, 15) is 0 Å². The highest BCUT2D eigenvalue weighted by Gasteiger charge is 2.32. The summed E-state index contributed by atoms with van der Waals surface area (Å²) >= 11 is 0. The summed E-state index contributed by atoms with van der Waals surface area (Å²) in [6.45, 7) is 8.66. The molecule has 2 rings (SSSR count). The second-order valence-corrected chi connectivity index (χ2v) is 6.10. The van der Waals surface area contributed by atoms with Gasteiger partial charge in [-0.25, -0.2) is 9.97 Å². The third-order valence-corrected chi connectivity index (χ3v) is 4.07. The molecule has 1 fully saturated rings. The van der Waals surface area contributed by atoms with Gasteiger partial charge in [-0.15, -0.1) is 0 Å². The van der Waals surface area contributed by atoms with Gasteiger partial charge in [0.1, 0.15) is 5.82 Å². The molecule has 1 atom stereocenters. The second-order valence-electron chi connectivity index (χ2n) is 6.10. The maximum atomic E-state index is 5.88. The fourth-order valence-electron chi connectivity index (χ4n) is 2.70. The predicted octanol–water partition coefficient (Wildman–Crippen LogP) is 2.06. The van der Waals surface area contributed by atoms with Gasteiger partial charge in [-0.05, 0) is 19.8 Å². The first-order valence-electron chi connectivity index (χ1n) is 7.35. The minimum Gasteiger partial charge on any atom is -0.377 e. The van der Waals surface area contributed by atoms with Crippen LogP contribution < -0.4 is 10.6 Å². The van der Waals surface area contributed by atoms with Crippen LogP contribution in [-0.2, 0) is 11.3 Å². The summed E-state index contributed by atoms with van der Waals surface area (Å²) in [7, 11) is 1.78. The average molecular weight is 278 g/mol. The quantitative estimate of drug-likeness (QED) is 0.913. The number of piperidine rings is 1. The Morgan fingerprint density at radius 2 is 2.25 bits per heavy atom. The number of ether oxygens (including phenoxy) is 1. The largest absolute Gasteiger partial charge is 0.377 e. The standard InChI is InChI=1S/C15H26N4O/c1-11(2)14-17-9-13(12(8-16)18-14)19-7-5-6-15(3,10-19)20-4/h9,11H,5-8,10,16H2,1-4H3. The summed E-state index contributed by atoms with van der Waals surface area (Å²) < 4.78 is 5.65. The Morgan fingerprint density at radius 3 is 2.85 bits per heavy atom. The molecule has 1 aliphatic rings. The molecule has 0 aromatic carbocycles. The van der Waals surface area contributed by atoms with Gasteiger partial charge >= 0.3 is 0 Å². The van der Waals surface area contributed by atoms with Crippen LogP contribution in [-0.4, -0.2) is 35.8 Å². The first kappa shape index (κ1) is 15.2. The van der Waals surface area contributed by atoms with Crippen molar-refractivity contribution in [2.75, 3.05) is 25.1 Å². The van der Waals surface area contributed by atoms with Crippen molar-refractivity contribution < 1.29 is 4.74 Å². The van der Waals surface area contributed by atoms with E-state index in [4.69, 9.17) is 10.5 Å². The van der Waals surface area contributed by atoms with E-state index in [0.29, 0.717) is 12.5 Å². The summed E-state index contributed by atoms with van der Waals surface area (Å²) in [6, 6.07) is 0. The van der Waals surface area contributed by atoms with E-state index in [1.807, 2.05) is 6.20 Å². The molecule has 112 valence electrons. The van der Waals surface area contributed by atoms with Gasteiger partial charge in [0.25, 0.3) is 0 Å². The minimum atomic E-state index is -0.0964. The van der Waals surface area contributed by atoms with Crippen molar-refractivity contribution in [3.63, 3.8) is 0 Å². The zero-order valence-electron chi connectivity index (χ0n) is 13.0. The molecule has 5 nitrogen and oxygen atoms in total. The van der Waals surface area contributed by atoms with Gasteiger partial charge in [-0.2, -0.15) is 0 Å². The van der Waals surface area contributed by atoms with Crippen LogP contribution in [0.25, 0.3) is 0 Å². The van der Waals surface area contributed by atoms with Crippen LogP contribution in [0.4, 0.5) is 5.69 Å². The first-order valence-corrected chi connectivity index (χ1v) is 7.35. The predicted molar refractivity (Wildman–Crippen MR) is 80.9 cm³/mol. The molecule has 1 saturated heterocycles. The van der Waals surface area contributed by atoms with E-state index in [0.717, 1.165) is 43.1 Å². The Kier molecular flexibility index (Phi) is 4.60. The molecule has 0 spiro atoms. The van der Waals surface area contributed by atoms with E-state index >= 15 is 0 Å². The summed E-state index contributed by atoms with van der Waals surface area (Å²) in [6.07, 6.45) is 4.12. The molecule has 0 saturated carbocycles. The number of anilines is 1. The lowest BCUT2D eigenvalue weighted by Crippen LogP contribution is -2.48. The lowest BCUT2D eigenvalue weighted by atomic mass is 9.94. The van der Waals surface area contributed by atoms with E-state index in [1.165, 1.54) is 0 Å². The molecule has 5 heteroatoms. The van der Waals surface area contributed by atoms with E-state index in [2.05, 4.69) is 35.6 Å². The Morgan fingerprint density at radius 1 is 1.50 bits per heavy atom. The molecule has 2 heterocycles. The molecule has 1 aromatic rings. The normalized spacial score (nSPS) is 23.4. The van der Waals surface area contributed by atoms with E-state index in [1.54, 1.807) is 7.11 Å². The van der Waals surface area contributed by atoms with Crippen LogP contribution in [0, 0.1) is 0 Å². The minimum absolute atomic E-state index is 0.0964. The van der Waals surface area contributed by atoms with Gasteiger partial charge < -0.3 is 15.4 Å². The van der Waals surface area contributed by atoms with Crippen molar-refractivity contribution in [2.45, 2.75) is 51.7 Å². The Labute approximate surface area is 121 Å². The maximum Gasteiger partial charge on any atom is 0.131 e. The first-order chi connectivity index (χ1) is 9.49. The lowest BCUT2D eigenvalue weighted by Gasteiger charge is -2.41. The summed E-state index contributed by atoms with van der Waals surface area (Å²) in [5.74, 6) is 1.18. The third-order valence-electron chi connectivity index (χ3n) is 4.07. The van der Waals surface area contributed by atoms with Crippen LogP contribution in [0.2, 0.25) is 0 Å². The van der Waals surface area contributed by atoms with Crippen molar-refractivity contribution >= 4 is 5.69 Å². The molecule has 1 aliphatic heterocycles. The third kappa shape index (κ3) is 3.10. The Bertz CT molecular complexity index is 463. The van der Waals surface area contributed by atoms with Gasteiger partial charge in [0.2, 0.25) is 0 Å². The number of aromatic nitrogens is 2. The molecule has 0 bridgehead atoms. The van der Waals surface area contributed by atoms with Crippen molar-refractivity contribution in [1.29, 1.82) is 0 Å². The van der Waals surface area contributed by atoms with Crippen LogP contribution >= 0.6 is 0 Å². The topological polar surface area (TPSA) is 64.3 Å². The van der Waals surface area contributed by atoms with Crippen molar-refractivity contribution in [3.8, 4) is 0 Å². The van der Waals surface area contributed by atoms with Crippen LogP contribution in [0.1, 0.15) is 51.0 Å². The second kappa shape index (κ2) is 6.06. The smallest absolute Gasteiger partial charge is 0.131 e. The van der Waals surface area contributed by atoms with Crippen LogP contribution in [0.3, 0.4) is 0 Å². The van der Waals surface area contributed by atoms with Crippen LogP contribution in [0.5, 0.6) is 0 Å². The number of hydrogen-bond acceptors (Lipinski definition) is 5. The molecule has 0 aliphatic carbocycles. The van der Waals surface area contributed by atoms with Gasteiger partial charge in [-0.3, -0.25) is 0 Å². The van der Waals surface area contributed by atoms with E-state index in [-0.39, 0.29) is 5.60 Å². The highest BCUT2D eigenvalue weighted by Crippen LogP contribution is 2.29. The summed E-state index contributed by atoms with van der Waals surface area (Å²) in [5.41, 5.74) is 7.77. The van der Waals surface area contributed by atoms with Crippen LogP contribution in [0.15, 0.2) is 6.20 Å². The molecule has 0 amide bonds. The summed E-state index contributed by atoms with van der Waals surface area (Å²) in [5, 5.41) is 0. The zero-order chi connectivity index (χ0) is 14.8. The summed E-state index contributed by atoms with van der Waals surface area (Å²) in [4.78, 5) is 11.4. The molecule has 1 unspecified atom stereocenters. The number of methoxy groups -OCH3 is 1. The van der Waals surface area contributed by atoms with Gasteiger partial charge in [0, 0.05) is 32.7 Å². The molecule has 0 radical (unpaired) electrons. The number of nitrogens with two attached hydrogens (primary N) is 1. The molecular weight excluding hydrogens is 252 g/mol.